The quantitative estimate of drug-likeness (QED) is 0.920. The third-order valence-electron chi connectivity index (χ3n) is 4.16. The Morgan fingerprint density at radius 1 is 1.27 bits per heavy atom. The monoisotopic (exact) mass is 299 g/mol. The van der Waals surface area contributed by atoms with Crippen molar-refractivity contribution in [2.75, 3.05) is 19.6 Å². The van der Waals surface area contributed by atoms with E-state index in [0.717, 1.165) is 39.0 Å². The van der Waals surface area contributed by atoms with Gasteiger partial charge in [0.2, 0.25) is 0 Å². The van der Waals surface area contributed by atoms with Crippen molar-refractivity contribution in [2.24, 2.45) is 5.92 Å². The van der Waals surface area contributed by atoms with Gasteiger partial charge in [0, 0.05) is 25.5 Å². The highest BCUT2D eigenvalue weighted by atomic mass is 16.3. The van der Waals surface area contributed by atoms with Crippen LogP contribution in [0.4, 0.5) is 0 Å². The lowest BCUT2D eigenvalue weighted by Gasteiger charge is -2.31. The van der Waals surface area contributed by atoms with E-state index in [4.69, 9.17) is 4.42 Å². The molecule has 1 N–H and O–H groups in total. The molecule has 5 heteroatoms. The van der Waals surface area contributed by atoms with Gasteiger partial charge in [0.05, 0.1) is 6.26 Å². The molecule has 1 fully saturated rings. The Morgan fingerprint density at radius 3 is 2.73 bits per heavy atom. The number of hydrogen-bond donors (Lipinski definition) is 1. The van der Waals surface area contributed by atoms with E-state index in [2.05, 4.69) is 27.3 Å². The van der Waals surface area contributed by atoms with Gasteiger partial charge >= 0.3 is 0 Å². The number of piperidine rings is 1. The van der Waals surface area contributed by atoms with Crippen LogP contribution in [0.15, 0.2) is 47.3 Å². The zero-order valence-corrected chi connectivity index (χ0v) is 12.6. The summed E-state index contributed by atoms with van der Waals surface area (Å²) in [5.41, 5.74) is 1.31. The molecule has 3 heterocycles. The summed E-state index contributed by atoms with van der Waals surface area (Å²) in [4.78, 5) is 18.3. The number of likely N-dealkylation sites (tertiary alicyclic amines) is 1. The highest BCUT2D eigenvalue weighted by Gasteiger charge is 2.20. The summed E-state index contributed by atoms with van der Waals surface area (Å²) >= 11 is 0. The molecule has 116 valence electrons. The highest BCUT2D eigenvalue weighted by Crippen LogP contribution is 2.18. The second-order valence-electron chi connectivity index (χ2n) is 5.76. The topological polar surface area (TPSA) is 58.4 Å². The van der Waals surface area contributed by atoms with Gasteiger partial charge in [0.15, 0.2) is 5.76 Å². The lowest BCUT2D eigenvalue weighted by molar-refractivity contribution is 0.0907. The molecule has 1 saturated heterocycles. The first-order valence-corrected chi connectivity index (χ1v) is 7.74. The number of carbonyl (C=O) groups excluding carboxylic acids is 1. The zero-order chi connectivity index (χ0) is 15.2. The molecule has 0 saturated carbocycles. The Labute approximate surface area is 130 Å². The van der Waals surface area contributed by atoms with Crippen LogP contribution in [0.5, 0.6) is 0 Å². The number of hydrogen-bond acceptors (Lipinski definition) is 4. The van der Waals surface area contributed by atoms with Crippen molar-refractivity contribution < 1.29 is 9.21 Å². The Hall–Kier alpha value is -2.14. The molecule has 0 bridgehead atoms. The summed E-state index contributed by atoms with van der Waals surface area (Å²) in [6.45, 7) is 3.85. The van der Waals surface area contributed by atoms with Crippen LogP contribution in [0.2, 0.25) is 0 Å². The fourth-order valence-electron chi connectivity index (χ4n) is 2.83. The average Bonchev–Trinajstić information content (AvgIpc) is 3.09. The van der Waals surface area contributed by atoms with E-state index in [0.29, 0.717) is 11.7 Å². The number of pyridine rings is 1. The van der Waals surface area contributed by atoms with Crippen LogP contribution < -0.4 is 5.32 Å². The second-order valence-corrected chi connectivity index (χ2v) is 5.76. The first-order chi connectivity index (χ1) is 10.8. The molecule has 0 spiro atoms. The lowest BCUT2D eigenvalue weighted by atomic mass is 9.96. The first kappa shape index (κ1) is 14.8. The number of nitrogens with zero attached hydrogens (tertiary/aromatic N) is 2. The molecular weight excluding hydrogens is 278 g/mol. The molecule has 1 amide bonds. The van der Waals surface area contributed by atoms with Crippen molar-refractivity contribution in [2.45, 2.75) is 19.4 Å². The van der Waals surface area contributed by atoms with Crippen molar-refractivity contribution in [3.63, 3.8) is 0 Å². The van der Waals surface area contributed by atoms with Crippen molar-refractivity contribution in [3.8, 4) is 0 Å². The minimum atomic E-state index is -0.121. The maximum Gasteiger partial charge on any atom is 0.286 e. The predicted molar refractivity (Wildman–Crippen MR) is 83.3 cm³/mol. The summed E-state index contributed by atoms with van der Waals surface area (Å²) in [5, 5.41) is 2.96. The van der Waals surface area contributed by atoms with Crippen LogP contribution in [-0.4, -0.2) is 35.4 Å². The molecule has 0 atom stereocenters. The third kappa shape index (κ3) is 3.95. The SMILES string of the molecule is O=C(NCC1CCN(Cc2ccncc2)CC1)c1ccco1. The number of nitrogens with one attached hydrogen (secondary N) is 1. The molecule has 2 aromatic heterocycles. The smallest absolute Gasteiger partial charge is 0.286 e. The number of rotatable bonds is 5. The largest absolute Gasteiger partial charge is 0.459 e. The van der Waals surface area contributed by atoms with Crippen molar-refractivity contribution in [1.82, 2.24) is 15.2 Å². The fraction of sp³-hybridized carbons (Fsp3) is 0.412. The Bertz CT molecular complexity index is 575. The number of furan rings is 1. The molecule has 2 aromatic rings. The van der Waals surface area contributed by atoms with E-state index in [1.807, 2.05) is 12.4 Å². The lowest BCUT2D eigenvalue weighted by Crippen LogP contribution is -2.38. The van der Waals surface area contributed by atoms with Crippen LogP contribution in [-0.2, 0) is 6.54 Å². The molecule has 0 unspecified atom stereocenters. The summed E-state index contributed by atoms with van der Waals surface area (Å²) < 4.78 is 5.09. The van der Waals surface area contributed by atoms with Gasteiger partial charge in [-0.05, 0) is 61.7 Å². The molecule has 1 aliphatic rings. The Morgan fingerprint density at radius 2 is 2.05 bits per heavy atom. The first-order valence-electron chi connectivity index (χ1n) is 7.74. The molecule has 3 rings (SSSR count). The molecule has 0 radical (unpaired) electrons. The third-order valence-corrected chi connectivity index (χ3v) is 4.16. The van der Waals surface area contributed by atoms with Crippen LogP contribution in [0.25, 0.3) is 0 Å². The minimum Gasteiger partial charge on any atom is -0.459 e. The van der Waals surface area contributed by atoms with E-state index in [1.165, 1.54) is 11.8 Å². The maximum absolute atomic E-state index is 11.8. The standard InChI is InChI=1S/C17H21N3O2/c21-17(16-2-1-11-22-16)19-12-14-5-9-20(10-6-14)13-15-3-7-18-8-4-15/h1-4,7-8,11,14H,5-6,9-10,12-13H2,(H,19,21). The summed E-state index contributed by atoms with van der Waals surface area (Å²) in [6.07, 6.45) is 7.43. The van der Waals surface area contributed by atoms with Gasteiger partial charge in [0.25, 0.3) is 5.91 Å². The van der Waals surface area contributed by atoms with E-state index in [1.54, 1.807) is 12.1 Å². The van der Waals surface area contributed by atoms with E-state index in [-0.39, 0.29) is 5.91 Å². The number of carbonyl (C=O) groups is 1. The van der Waals surface area contributed by atoms with Crippen LogP contribution in [0.3, 0.4) is 0 Å². The predicted octanol–water partition coefficient (Wildman–Crippen LogP) is 2.32. The summed E-state index contributed by atoms with van der Waals surface area (Å²) in [6, 6.07) is 7.55. The highest BCUT2D eigenvalue weighted by molar-refractivity contribution is 5.91. The van der Waals surface area contributed by atoms with E-state index in [9.17, 15) is 4.79 Å². The normalized spacial score (nSPS) is 16.5. The minimum absolute atomic E-state index is 0.121. The van der Waals surface area contributed by atoms with Crippen molar-refractivity contribution in [1.29, 1.82) is 0 Å². The van der Waals surface area contributed by atoms with E-state index < -0.39 is 0 Å². The molecule has 22 heavy (non-hydrogen) atoms. The van der Waals surface area contributed by atoms with Crippen LogP contribution >= 0.6 is 0 Å². The van der Waals surface area contributed by atoms with Gasteiger partial charge in [-0.3, -0.25) is 14.7 Å². The van der Waals surface area contributed by atoms with Crippen molar-refractivity contribution >= 4 is 5.91 Å². The van der Waals surface area contributed by atoms with Crippen molar-refractivity contribution in [3.05, 3.63) is 54.2 Å². The molecular formula is C17H21N3O2. The Balaban J connectivity index is 1.39. The molecule has 0 aliphatic carbocycles. The molecule has 1 aliphatic heterocycles. The van der Waals surface area contributed by atoms with E-state index >= 15 is 0 Å². The number of amides is 1. The average molecular weight is 299 g/mol. The fourth-order valence-corrected chi connectivity index (χ4v) is 2.83. The second kappa shape index (κ2) is 7.22. The van der Waals surface area contributed by atoms with Gasteiger partial charge in [-0.1, -0.05) is 0 Å². The maximum atomic E-state index is 11.8. The zero-order valence-electron chi connectivity index (χ0n) is 12.6. The van der Waals surface area contributed by atoms with Gasteiger partial charge in [-0.15, -0.1) is 0 Å². The summed E-state index contributed by atoms with van der Waals surface area (Å²) in [5.74, 6) is 0.812. The molecule has 0 aromatic carbocycles. The van der Waals surface area contributed by atoms with Gasteiger partial charge < -0.3 is 9.73 Å². The number of aromatic nitrogens is 1. The van der Waals surface area contributed by atoms with Gasteiger partial charge in [-0.25, -0.2) is 0 Å². The van der Waals surface area contributed by atoms with Gasteiger partial charge in [0.1, 0.15) is 0 Å². The molecule has 5 nitrogen and oxygen atoms in total. The van der Waals surface area contributed by atoms with Crippen LogP contribution in [0, 0.1) is 5.92 Å². The Kier molecular flexibility index (Phi) is 4.85. The summed E-state index contributed by atoms with van der Waals surface area (Å²) in [7, 11) is 0. The van der Waals surface area contributed by atoms with Gasteiger partial charge in [-0.2, -0.15) is 0 Å². The van der Waals surface area contributed by atoms with Crippen LogP contribution in [0.1, 0.15) is 29.0 Å².